The molecule has 0 aliphatic carbocycles. The zero-order valence-electron chi connectivity index (χ0n) is 10.6. The third-order valence-electron chi connectivity index (χ3n) is 2.81. The Morgan fingerprint density at radius 3 is 2.50 bits per heavy atom. The van der Waals surface area contributed by atoms with Gasteiger partial charge in [-0.3, -0.25) is 4.79 Å². The van der Waals surface area contributed by atoms with Gasteiger partial charge in [0.2, 0.25) is 0 Å². The third kappa shape index (κ3) is 3.89. The molecule has 104 valence electrons. The highest BCUT2D eigenvalue weighted by Crippen LogP contribution is 2.20. The number of rotatable bonds is 4. The van der Waals surface area contributed by atoms with Crippen molar-refractivity contribution >= 4 is 29.1 Å². The Labute approximate surface area is 127 Å². The van der Waals surface area contributed by atoms with Crippen molar-refractivity contribution in [3.63, 3.8) is 0 Å². The Kier molecular flexibility index (Phi) is 4.88. The molecule has 0 atom stereocenters. The molecular formula is C15H13Cl2NO2. The molecule has 2 aromatic carbocycles. The van der Waals surface area contributed by atoms with Gasteiger partial charge >= 0.3 is 0 Å². The van der Waals surface area contributed by atoms with Crippen molar-refractivity contribution < 1.29 is 9.90 Å². The van der Waals surface area contributed by atoms with Crippen molar-refractivity contribution in [3.05, 3.63) is 63.6 Å². The van der Waals surface area contributed by atoms with Crippen LogP contribution < -0.4 is 5.32 Å². The molecule has 0 spiro atoms. The molecular weight excluding hydrogens is 297 g/mol. The summed E-state index contributed by atoms with van der Waals surface area (Å²) >= 11 is 11.7. The van der Waals surface area contributed by atoms with Crippen molar-refractivity contribution in [1.29, 1.82) is 0 Å². The first kappa shape index (κ1) is 14.7. The van der Waals surface area contributed by atoms with Crippen molar-refractivity contribution in [1.82, 2.24) is 5.32 Å². The first-order chi connectivity index (χ1) is 9.56. The van der Waals surface area contributed by atoms with Crippen LogP contribution in [0, 0.1) is 0 Å². The van der Waals surface area contributed by atoms with E-state index in [0.29, 0.717) is 23.0 Å². The van der Waals surface area contributed by atoms with E-state index in [4.69, 9.17) is 23.2 Å². The molecule has 0 aliphatic rings. The van der Waals surface area contributed by atoms with Crippen LogP contribution in [0.25, 0.3) is 0 Å². The summed E-state index contributed by atoms with van der Waals surface area (Å²) in [5.41, 5.74) is 1.35. The Balaban J connectivity index is 1.92. The molecule has 2 aromatic rings. The fourth-order valence-electron chi connectivity index (χ4n) is 1.75. The van der Waals surface area contributed by atoms with Crippen LogP contribution in [0.2, 0.25) is 10.0 Å². The smallest absolute Gasteiger partial charge is 0.252 e. The van der Waals surface area contributed by atoms with Gasteiger partial charge < -0.3 is 10.4 Å². The number of carbonyl (C=O) groups excluding carboxylic acids is 1. The molecule has 1 amide bonds. The third-order valence-corrected chi connectivity index (χ3v) is 3.39. The number of nitrogens with one attached hydrogen (secondary N) is 1. The fourth-order valence-corrected chi connectivity index (χ4v) is 2.08. The van der Waals surface area contributed by atoms with Crippen LogP contribution in [0.3, 0.4) is 0 Å². The second kappa shape index (κ2) is 6.64. The average molecular weight is 310 g/mol. The van der Waals surface area contributed by atoms with Gasteiger partial charge in [-0.2, -0.15) is 0 Å². The first-order valence-electron chi connectivity index (χ1n) is 6.07. The van der Waals surface area contributed by atoms with Crippen molar-refractivity contribution in [2.75, 3.05) is 6.54 Å². The summed E-state index contributed by atoms with van der Waals surface area (Å²) < 4.78 is 0. The first-order valence-corrected chi connectivity index (χ1v) is 6.83. The molecule has 0 aliphatic heterocycles. The summed E-state index contributed by atoms with van der Waals surface area (Å²) in [6.07, 6.45) is 0.694. The van der Waals surface area contributed by atoms with Gasteiger partial charge in [-0.05, 0) is 42.3 Å². The predicted molar refractivity (Wildman–Crippen MR) is 80.6 cm³/mol. The van der Waals surface area contributed by atoms with Gasteiger partial charge in [0, 0.05) is 11.6 Å². The Bertz CT molecular complexity index is 612. The lowest BCUT2D eigenvalue weighted by atomic mass is 10.1. The SMILES string of the molecule is O=C(NCCc1ccc(Cl)cc1)c1cc(O)ccc1Cl. The van der Waals surface area contributed by atoms with E-state index in [1.54, 1.807) is 0 Å². The maximum absolute atomic E-state index is 11.9. The number of amides is 1. The maximum atomic E-state index is 11.9. The average Bonchev–Trinajstić information content (AvgIpc) is 2.43. The highest BCUT2D eigenvalue weighted by atomic mass is 35.5. The van der Waals surface area contributed by atoms with Gasteiger partial charge in [-0.1, -0.05) is 35.3 Å². The second-order valence-electron chi connectivity index (χ2n) is 4.30. The minimum atomic E-state index is -0.306. The van der Waals surface area contributed by atoms with E-state index < -0.39 is 0 Å². The summed E-state index contributed by atoms with van der Waals surface area (Å²) in [5, 5.41) is 13.1. The Morgan fingerprint density at radius 2 is 1.80 bits per heavy atom. The minimum absolute atomic E-state index is 0.0113. The van der Waals surface area contributed by atoms with Crippen molar-refractivity contribution in [2.45, 2.75) is 6.42 Å². The molecule has 0 aromatic heterocycles. The van der Waals surface area contributed by atoms with Crippen molar-refractivity contribution in [2.24, 2.45) is 0 Å². The number of hydrogen-bond acceptors (Lipinski definition) is 2. The van der Waals surface area contributed by atoms with Crippen LogP contribution in [0.15, 0.2) is 42.5 Å². The molecule has 3 nitrogen and oxygen atoms in total. The molecule has 0 bridgehead atoms. The summed E-state index contributed by atoms with van der Waals surface area (Å²) in [4.78, 5) is 11.9. The normalized spacial score (nSPS) is 10.3. The van der Waals surface area contributed by atoms with E-state index in [2.05, 4.69) is 5.32 Å². The lowest BCUT2D eigenvalue weighted by Gasteiger charge is -2.07. The standard InChI is InChI=1S/C15H13Cl2NO2/c16-11-3-1-10(2-4-11)7-8-18-15(20)13-9-12(19)5-6-14(13)17/h1-6,9,19H,7-8H2,(H,18,20). The van der Waals surface area contributed by atoms with Gasteiger partial charge in [0.25, 0.3) is 5.91 Å². The molecule has 5 heteroatoms. The molecule has 0 saturated carbocycles. The molecule has 0 fully saturated rings. The van der Waals surface area contributed by atoms with E-state index in [0.717, 1.165) is 5.56 Å². The van der Waals surface area contributed by atoms with Crippen LogP contribution >= 0.6 is 23.2 Å². The van der Waals surface area contributed by atoms with Crippen LogP contribution in [0.5, 0.6) is 5.75 Å². The second-order valence-corrected chi connectivity index (χ2v) is 5.14. The monoisotopic (exact) mass is 309 g/mol. The minimum Gasteiger partial charge on any atom is -0.508 e. The lowest BCUT2D eigenvalue weighted by molar-refractivity contribution is 0.0954. The zero-order chi connectivity index (χ0) is 14.5. The molecule has 2 rings (SSSR count). The predicted octanol–water partition coefficient (Wildman–Crippen LogP) is 3.67. The van der Waals surface area contributed by atoms with Crippen LogP contribution in [-0.4, -0.2) is 17.6 Å². The van der Waals surface area contributed by atoms with E-state index in [-0.39, 0.29) is 17.2 Å². The molecule has 0 heterocycles. The van der Waals surface area contributed by atoms with Crippen LogP contribution in [0.4, 0.5) is 0 Å². The molecule has 0 unspecified atom stereocenters. The molecule has 2 N–H and O–H groups in total. The largest absolute Gasteiger partial charge is 0.508 e. The molecule has 0 radical (unpaired) electrons. The van der Waals surface area contributed by atoms with Gasteiger partial charge in [0.05, 0.1) is 10.6 Å². The molecule has 0 saturated heterocycles. The highest BCUT2D eigenvalue weighted by molar-refractivity contribution is 6.33. The quantitative estimate of drug-likeness (QED) is 0.905. The van der Waals surface area contributed by atoms with Crippen LogP contribution in [-0.2, 0) is 6.42 Å². The highest BCUT2D eigenvalue weighted by Gasteiger charge is 2.10. The van der Waals surface area contributed by atoms with Crippen molar-refractivity contribution in [3.8, 4) is 5.75 Å². The summed E-state index contributed by atoms with van der Waals surface area (Å²) in [6, 6.07) is 11.7. The summed E-state index contributed by atoms with van der Waals surface area (Å²) in [7, 11) is 0. The Morgan fingerprint density at radius 1 is 1.10 bits per heavy atom. The number of phenols is 1. The summed E-state index contributed by atoms with van der Waals surface area (Å²) in [6.45, 7) is 0.479. The number of aromatic hydroxyl groups is 1. The molecule has 20 heavy (non-hydrogen) atoms. The zero-order valence-corrected chi connectivity index (χ0v) is 12.1. The van der Waals surface area contributed by atoms with Gasteiger partial charge in [0.15, 0.2) is 0 Å². The van der Waals surface area contributed by atoms with E-state index in [9.17, 15) is 9.90 Å². The van der Waals surface area contributed by atoms with Gasteiger partial charge in [-0.25, -0.2) is 0 Å². The Hall–Kier alpha value is -1.71. The van der Waals surface area contributed by atoms with Gasteiger partial charge in [-0.15, -0.1) is 0 Å². The topological polar surface area (TPSA) is 49.3 Å². The van der Waals surface area contributed by atoms with Crippen LogP contribution in [0.1, 0.15) is 15.9 Å². The van der Waals surface area contributed by atoms with E-state index in [1.807, 2.05) is 24.3 Å². The number of benzene rings is 2. The number of halogens is 2. The van der Waals surface area contributed by atoms with E-state index in [1.165, 1.54) is 18.2 Å². The fraction of sp³-hybridized carbons (Fsp3) is 0.133. The number of carbonyl (C=O) groups is 1. The number of hydrogen-bond donors (Lipinski definition) is 2. The maximum Gasteiger partial charge on any atom is 0.252 e. The number of phenolic OH excluding ortho intramolecular Hbond substituents is 1. The van der Waals surface area contributed by atoms with E-state index >= 15 is 0 Å². The summed E-state index contributed by atoms with van der Waals surface area (Å²) in [5.74, 6) is -0.294. The lowest BCUT2D eigenvalue weighted by Crippen LogP contribution is -2.25. The van der Waals surface area contributed by atoms with Gasteiger partial charge in [0.1, 0.15) is 5.75 Å².